The van der Waals surface area contributed by atoms with Gasteiger partial charge in [-0.15, -0.1) is 0 Å². The normalized spacial score (nSPS) is 28.1. The second kappa shape index (κ2) is 6.55. The number of rotatable bonds is 5. The summed E-state index contributed by atoms with van der Waals surface area (Å²) in [5, 5.41) is 10.8. The zero-order valence-corrected chi connectivity index (χ0v) is 12.6. The van der Waals surface area contributed by atoms with Gasteiger partial charge in [0.15, 0.2) is 0 Å². The first-order valence-electron chi connectivity index (χ1n) is 7.42. The summed E-state index contributed by atoms with van der Waals surface area (Å²) < 4.78 is 11.2. The second-order valence-electron chi connectivity index (χ2n) is 5.76. The summed E-state index contributed by atoms with van der Waals surface area (Å²) >= 11 is 0. The van der Waals surface area contributed by atoms with E-state index in [0.717, 1.165) is 24.8 Å². The van der Waals surface area contributed by atoms with Gasteiger partial charge in [-0.2, -0.15) is 0 Å². The Kier molecular flexibility index (Phi) is 5.00. The Labute approximate surface area is 121 Å². The quantitative estimate of drug-likeness (QED) is 0.899. The van der Waals surface area contributed by atoms with Crippen molar-refractivity contribution in [3.05, 3.63) is 24.0 Å². The number of nitrogens with zero attached hydrogens (tertiary/aromatic N) is 1. The third-order valence-corrected chi connectivity index (χ3v) is 4.26. The monoisotopic (exact) mass is 279 g/mol. The average molecular weight is 279 g/mol. The van der Waals surface area contributed by atoms with Gasteiger partial charge in [-0.05, 0) is 31.7 Å². The van der Waals surface area contributed by atoms with E-state index in [4.69, 9.17) is 9.47 Å². The molecule has 1 fully saturated rings. The molecule has 3 unspecified atom stereocenters. The molecule has 20 heavy (non-hydrogen) atoms. The minimum absolute atomic E-state index is 0.496. The van der Waals surface area contributed by atoms with Crippen molar-refractivity contribution < 1.29 is 14.6 Å². The standard InChI is InChI=1S/C16H25NO3/c1-4-20-14-8-13(10-17-11-14)15(18)16(19-3)7-5-6-12(2)9-16/h8,10-12,15,18H,4-7,9H2,1-3H3. The lowest BCUT2D eigenvalue weighted by Crippen LogP contribution is -2.42. The van der Waals surface area contributed by atoms with Crippen LogP contribution in [0.3, 0.4) is 0 Å². The van der Waals surface area contributed by atoms with Gasteiger partial charge in [0.1, 0.15) is 11.9 Å². The molecule has 0 amide bonds. The fourth-order valence-electron chi connectivity index (χ4n) is 3.22. The Bertz CT molecular complexity index is 437. The van der Waals surface area contributed by atoms with Gasteiger partial charge in [0.2, 0.25) is 0 Å². The van der Waals surface area contributed by atoms with Crippen LogP contribution in [0.25, 0.3) is 0 Å². The lowest BCUT2D eigenvalue weighted by molar-refractivity contribution is -0.134. The van der Waals surface area contributed by atoms with Gasteiger partial charge in [-0.3, -0.25) is 4.98 Å². The molecule has 0 spiro atoms. The molecular weight excluding hydrogens is 254 g/mol. The van der Waals surface area contributed by atoms with E-state index < -0.39 is 11.7 Å². The maximum Gasteiger partial charge on any atom is 0.137 e. The molecule has 1 aliphatic carbocycles. The molecule has 0 saturated heterocycles. The highest BCUT2D eigenvalue weighted by Crippen LogP contribution is 2.43. The summed E-state index contributed by atoms with van der Waals surface area (Å²) in [7, 11) is 1.70. The summed E-state index contributed by atoms with van der Waals surface area (Å²) in [5.74, 6) is 1.26. The Balaban J connectivity index is 2.23. The fourth-order valence-corrected chi connectivity index (χ4v) is 3.22. The molecule has 1 saturated carbocycles. The summed E-state index contributed by atoms with van der Waals surface area (Å²) in [4.78, 5) is 4.16. The third kappa shape index (κ3) is 3.13. The summed E-state index contributed by atoms with van der Waals surface area (Å²) in [6, 6.07) is 1.86. The molecule has 1 heterocycles. The highest BCUT2D eigenvalue weighted by atomic mass is 16.5. The number of pyridine rings is 1. The average Bonchev–Trinajstić information content (AvgIpc) is 2.47. The van der Waals surface area contributed by atoms with E-state index >= 15 is 0 Å². The topological polar surface area (TPSA) is 51.6 Å². The van der Waals surface area contributed by atoms with Crippen LogP contribution in [0.5, 0.6) is 5.75 Å². The highest BCUT2D eigenvalue weighted by molar-refractivity contribution is 5.27. The Morgan fingerprint density at radius 2 is 2.30 bits per heavy atom. The molecule has 4 nitrogen and oxygen atoms in total. The van der Waals surface area contributed by atoms with Crippen molar-refractivity contribution >= 4 is 0 Å². The Morgan fingerprint density at radius 1 is 1.50 bits per heavy atom. The molecular formula is C16H25NO3. The smallest absolute Gasteiger partial charge is 0.137 e. The lowest BCUT2D eigenvalue weighted by atomic mass is 9.74. The molecule has 0 radical (unpaired) electrons. The van der Waals surface area contributed by atoms with Gasteiger partial charge in [0, 0.05) is 18.9 Å². The molecule has 0 aromatic carbocycles. The number of ether oxygens (including phenoxy) is 2. The molecule has 1 aromatic heterocycles. The minimum atomic E-state index is -0.664. The van der Waals surface area contributed by atoms with Gasteiger partial charge >= 0.3 is 0 Å². The van der Waals surface area contributed by atoms with Crippen LogP contribution < -0.4 is 4.74 Å². The van der Waals surface area contributed by atoms with Crippen molar-refractivity contribution in [3.63, 3.8) is 0 Å². The number of methoxy groups -OCH3 is 1. The van der Waals surface area contributed by atoms with Crippen LogP contribution >= 0.6 is 0 Å². The largest absolute Gasteiger partial charge is 0.492 e. The summed E-state index contributed by atoms with van der Waals surface area (Å²) in [5.41, 5.74) is 0.274. The van der Waals surface area contributed by atoms with Crippen molar-refractivity contribution in [2.75, 3.05) is 13.7 Å². The van der Waals surface area contributed by atoms with Crippen LogP contribution in [0.4, 0.5) is 0 Å². The van der Waals surface area contributed by atoms with E-state index in [1.165, 1.54) is 6.42 Å². The number of aromatic nitrogens is 1. The molecule has 3 atom stereocenters. The van der Waals surface area contributed by atoms with Gasteiger partial charge in [0.25, 0.3) is 0 Å². The SMILES string of the molecule is CCOc1cncc(C(O)C2(OC)CCCC(C)C2)c1. The van der Waals surface area contributed by atoms with Crippen LogP contribution in [0.2, 0.25) is 0 Å². The second-order valence-corrected chi connectivity index (χ2v) is 5.76. The van der Waals surface area contributed by atoms with Gasteiger partial charge in [-0.1, -0.05) is 19.8 Å². The molecule has 0 bridgehead atoms. The predicted octanol–water partition coefficient (Wildman–Crippen LogP) is 3.11. The van der Waals surface area contributed by atoms with Gasteiger partial charge in [0.05, 0.1) is 18.4 Å². The van der Waals surface area contributed by atoms with Crippen LogP contribution in [0.15, 0.2) is 18.5 Å². The van der Waals surface area contributed by atoms with E-state index in [-0.39, 0.29) is 0 Å². The summed E-state index contributed by atoms with van der Waals surface area (Å²) in [6.45, 7) is 4.74. The molecule has 1 aromatic rings. The molecule has 2 rings (SSSR count). The third-order valence-electron chi connectivity index (χ3n) is 4.26. The van der Waals surface area contributed by atoms with Gasteiger partial charge < -0.3 is 14.6 Å². The number of hydrogen-bond acceptors (Lipinski definition) is 4. The van der Waals surface area contributed by atoms with E-state index in [0.29, 0.717) is 18.3 Å². The first kappa shape index (κ1) is 15.3. The van der Waals surface area contributed by atoms with E-state index in [1.54, 1.807) is 19.5 Å². The first-order chi connectivity index (χ1) is 9.61. The lowest BCUT2D eigenvalue weighted by Gasteiger charge is -2.42. The molecule has 4 heteroatoms. The number of aliphatic hydroxyl groups is 1. The van der Waals surface area contributed by atoms with E-state index in [1.807, 2.05) is 13.0 Å². The number of aliphatic hydroxyl groups excluding tert-OH is 1. The van der Waals surface area contributed by atoms with E-state index in [9.17, 15) is 5.11 Å². The summed E-state index contributed by atoms with van der Waals surface area (Å²) in [6.07, 6.45) is 6.76. The van der Waals surface area contributed by atoms with E-state index in [2.05, 4.69) is 11.9 Å². The fraction of sp³-hybridized carbons (Fsp3) is 0.688. The highest BCUT2D eigenvalue weighted by Gasteiger charge is 2.42. The first-order valence-corrected chi connectivity index (χ1v) is 7.42. The van der Waals surface area contributed by atoms with Crippen molar-refractivity contribution in [3.8, 4) is 5.75 Å². The Morgan fingerprint density at radius 3 is 2.95 bits per heavy atom. The van der Waals surface area contributed by atoms with Crippen molar-refractivity contribution in [1.29, 1.82) is 0 Å². The van der Waals surface area contributed by atoms with Crippen molar-refractivity contribution in [2.24, 2.45) is 5.92 Å². The predicted molar refractivity (Wildman–Crippen MR) is 77.7 cm³/mol. The van der Waals surface area contributed by atoms with Crippen LogP contribution in [0, 0.1) is 5.92 Å². The molecule has 1 N–H and O–H groups in total. The van der Waals surface area contributed by atoms with Crippen molar-refractivity contribution in [2.45, 2.75) is 51.2 Å². The zero-order valence-electron chi connectivity index (χ0n) is 12.6. The van der Waals surface area contributed by atoms with Crippen molar-refractivity contribution in [1.82, 2.24) is 4.98 Å². The number of hydrogen-bond donors (Lipinski definition) is 1. The molecule has 0 aliphatic heterocycles. The maximum atomic E-state index is 10.8. The van der Waals surface area contributed by atoms with Gasteiger partial charge in [-0.25, -0.2) is 0 Å². The zero-order chi connectivity index (χ0) is 14.6. The molecule has 112 valence electrons. The van der Waals surface area contributed by atoms with Crippen LogP contribution in [0.1, 0.15) is 51.2 Å². The van der Waals surface area contributed by atoms with Crippen LogP contribution in [-0.4, -0.2) is 29.4 Å². The maximum absolute atomic E-state index is 10.8. The minimum Gasteiger partial charge on any atom is -0.492 e. The Hall–Kier alpha value is -1.13. The van der Waals surface area contributed by atoms with Crippen LogP contribution in [-0.2, 0) is 4.74 Å². The molecule has 1 aliphatic rings.